The summed E-state index contributed by atoms with van der Waals surface area (Å²) in [5, 5.41) is 10.8. The van der Waals surface area contributed by atoms with Gasteiger partial charge < -0.3 is 10.5 Å². The monoisotopic (exact) mass is 262 g/mol. The molecule has 18 heavy (non-hydrogen) atoms. The van der Waals surface area contributed by atoms with Gasteiger partial charge in [0.1, 0.15) is 29.3 Å². The van der Waals surface area contributed by atoms with Crippen molar-refractivity contribution in [2.45, 2.75) is 6.10 Å². The number of hydrogen-bond donors (Lipinski definition) is 1. The lowest BCUT2D eigenvalue weighted by Gasteiger charge is -2.16. The fourth-order valence-corrected chi connectivity index (χ4v) is 2.33. The van der Waals surface area contributed by atoms with E-state index in [4.69, 9.17) is 15.7 Å². The van der Waals surface area contributed by atoms with Crippen LogP contribution in [0.25, 0.3) is 0 Å². The molecule has 1 aromatic heterocycles. The quantitative estimate of drug-likeness (QED) is 0.921. The normalized spacial score (nSPS) is 11.8. The van der Waals surface area contributed by atoms with Crippen LogP contribution in [0.5, 0.6) is 5.75 Å². The van der Waals surface area contributed by atoms with E-state index < -0.39 is 5.82 Å². The number of hydrogen-bond acceptors (Lipinski definition) is 4. The van der Waals surface area contributed by atoms with Gasteiger partial charge in [0.05, 0.1) is 0 Å². The fraction of sp³-hybridized carbons (Fsp3) is 0.154. The van der Waals surface area contributed by atoms with Gasteiger partial charge in [0.25, 0.3) is 0 Å². The zero-order valence-electron chi connectivity index (χ0n) is 9.47. The molecule has 0 fully saturated rings. The summed E-state index contributed by atoms with van der Waals surface area (Å²) in [7, 11) is 0. The molecule has 0 bridgehead atoms. The van der Waals surface area contributed by atoms with E-state index >= 15 is 0 Å². The van der Waals surface area contributed by atoms with Crippen LogP contribution in [-0.4, -0.2) is 6.54 Å². The lowest BCUT2D eigenvalue weighted by atomic mass is 10.2. The minimum absolute atomic E-state index is 0.0903. The number of benzene rings is 1. The maximum Gasteiger partial charge on any atom is 0.145 e. The smallest absolute Gasteiger partial charge is 0.145 e. The number of rotatable bonds is 4. The first-order chi connectivity index (χ1) is 8.76. The van der Waals surface area contributed by atoms with Crippen molar-refractivity contribution in [2.75, 3.05) is 6.54 Å². The number of thiophene rings is 1. The van der Waals surface area contributed by atoms with Gasteiger partial charge in [-0.2, -0.15) is 5.26 Å². The Morgan fingerprint density at radius 1 is 1.39 bits per heavy atom. The molecule has 2 rings (SSSR count). The molecular formula is C13H11FN2OS. The Morgan fingerprint density at radius 3 is 2.83 bits per heavy atom. The van der Waals surface area contributed by atoms with Gasteiger partial charge in [-0.1, -0.05) is 12.1 Å². The number of nitriles is 1. The number of nitrogens with zero attached hydrogens (tertiary/aromatic N) is 1. The zero-order valence-corrected chi connectivity index (χ0v) is 10.3. The Labute approximate surface area is 108 Å². The predicted molar refractivity (Wildman–Crippen MR) is 67.9 cm³/mol. The molecule has 5 heteroatoms. The van der Waals surface area contributed by atoms with Crippen molar-refractivity contribution in [1.82, 2.24) is 0 Å². The van der Waals surface area contributed by atoms with Gasteiger partial charge in [-0.15, -0.1) is 11.3 Å². The number of ether oxygens (including phenoxy) is 1. The van der Waals surface area contributed by atoms with Crippen LogP contribution in [0.2, 0.25) is 0 Å². The summed E-state index contributed by atoms with van der Waals surface area (Å²) < 4.78 is 19.0. The second-order valence-corrected chi connectivity index (χ2v) is 4.56. The predicted octanol–water partition coefficient (Wildman–Crippen LogP) is 2.84. The van der Waals surface area contributed by atoms with E-state index in [9.17, 15) is 4.39 Å². The van der Waals surface area contributed by atoms with Crippen molar-refractivity contribution < 1.29 is 9.13 Å². The third-order valence-corrected chi connectivity index (χ3v) is 3.40. The van der Waals surface area contributed by atoms with E-state index in [1.54, 1.807) is 12.1 Å². The Bertz CT molecular complexity index is 563. The van der Waals surface area contributed by atoms with Crippen molar-refractivity contribution in [3.63, 3.8) is 0 Å². The summed E-state index contributed by atoms with van der Waals surface area (Å²) in [5.41, 5.74) is 5.56. The average molecular weight is 262 g/mol. The lowest BCUT2D eigenvalue weighted by Crippen LogP contribution is -2.18. The minimum atomic E-state index is -0.586. The van der Waals surface area contributed by atoms with E-state index in [0.29, 0.717) is 0 Å². The summed E-state index contributed by atoms with van der Waals surface area (Å²) in [6.45, 7) is 0.266. The lowest BCUT2D eigenvalue weighted by molar-refractivity contribution is 0.216. The van der Waals surface area contributed by atoms with Gasteiger partial charge >= 0.3 is 0 Å². The topological polar surface area (TPSA) is 59.0 Å². The van der Waals surface area contributed by atoms with Crippen LogP contribution < -0.4 is 10.5 Å². The SMILES string of the molecule is N#Cc1c(F)cccc1OC(CN)c1cccs1. The average Bonchev–Trinajstić information content (AvgIpc) is 2.89. The zero-order chi connectivity index (χ0) is 13.0. The third kappa shape index (κ3) is 2.50. The van der Waals surface area contributed by atoms with Crippen molar-refractivity contribution in [3.05, 3.63) is 52.0 Å². The standard InChI is InChI=1S/C13H11FN2OS/c14-10-3-1-4-11(9(10)7-15)17-12(8-16)13-5-2-6-18-13/h1-6,12H,8,16H2. The molecule has 1 aromatic carbocycles. The van der Waals surface area contributed by atoms with Crippen molar-refractivity contribution >= 4 is 11.3 Å². The summed E-state index contributed by atoms with van der Waals surface area (Å²) in [6.07, 6.45) is -0.362. The molecule has 1 heterocycles. The largest absolute Gasteiger partial charge is 0.482 e. The van der Waals surface area contributed by atoms with Crippen molar-refractivity contribution in [3.8, 4) is 11.8 Å². The van der Waals surface area contributed by atoms with Gasteiger partial charge in [-0.05, 0) is 23.6 Å². The molecule has 0 aliphatic rings. The summed E-state index contributed by atoms with van der Waals surface area (Å²) in [5.74, 6) is -0.363. The highest BCUT2D eigenvalue weighted by Crippen LogP contribution is 2.28. The van der Waals surface area contributed by atoms with Crippen LogP contribution in [0, 0.1) is 17.1 Å². The molecule has 2 N–H and O–H groups in total. The van der Waals surface area contributed by atoms with Gasteiger partial charge in [0, 0.05) is 11.4 Å². The van der Waals surface area contributed by atoms with Gasteiger partial charge in [-0.3, -0.25) is 0 Å². The van der Waals surface area contributed by atoms with Crippen molar-refractivity contribution in [2.24, 2.45) is 5.73 Å². The first-order valence-electron chi connectivity index (χ1n) is 5.35. The first kappa shape index (κ1) is 12.6. The van der Waals surface area contributed by atoms with Crippen LogP contribution in [0.3, 0.4) is 0 Å². The molecule has 0 radical (unpaired) electrons. The molecule has 1 unspecified atom stereocenters. The van der Waals surface area contributed by atoms with Crippen LogP contribution in [0.4, 0.5) is 4.39 Å². The maximum absolute atomic E-state index is 13.4. The van der Waals surface area contributed by atoms with Crippen LogP contribution in [-0.2, 0) is 0 Å². The Morgan fingerprint density at radius 2 is 2.22 bits per heavy atom. The third-order valence-electron chi connectivity index (χ3n) is 2.43. The molecule has 0 saturated carbocycles. The Hall–Kier alpha value is -1.90. The van der Waals surface area contributed by atoms with Gasteiger partial charge in [0.15, 0.2) is 0 Å². The van der Waals surface area contributed by atoms with Crippen LogP contribution in [0.1, 0.15) is 16.5 Å². The fourth-order valence-electron chi connectivity index (χ4n) is 1.56. The van der Waals surface area contributed by atoms with Gasteiger partial charge in [-0.25, -0.2) is 4.39 Å². The van der Waals surface area contributed by atoms with Crippen LogP contribution >= 0.6 is 11.3 Å². The van der Waals surface area contributed by atoms with Crippen LogP contribution in [0.15, 0.2) is 35.7 Å². The molecule has 0 saturated heterocycles. The molecular weight excluding hydrogens is 251 g/mol. The summed E-state index contributed by atoms with van der Waals surface area (Å²) in [6, 6.07) is 9.89. The Kier molecular flexibility index (Phi) is 3.92. The Balaban J connectivity index is 2.29. The first-order valence-corrected chi connectivity index (χ1v) is 6.23. The van der Waals surface area contributed by atoms with Gasteiger partial charge in [0.2, 0.25) is 0 Å². The van der Waals surface area contributed by atoms with E-state index in [0.717, 1.165) is 4.88 Å². The van der Waals surface area contributed by atoms with E-state index in [2.05, 4.69) is 0 Å². The summed E-state index contributed by atoms with van der Waals surface area (Å²) >= 11 is 1.51. The molecule has 92 valence electrons. The van der Waals surface area contributed by atoms with Crippen molar-refractivity contribution in [1.29, 1.82) is 5.26 Å². The van der Waals surface area contributed by atoms with E-state index in [1.165, 1.54) is 23.5 Å². The van der Waals surface area contributed by atoms with E-state index in [1.807, 2.05) is 17.5 Å². The highest BCUT2D eigenvalue weighted by molar-refractivity contribution is 7.10. The molecule has 0 amide bonds. The molecule has 0 aliphatic heterocycles. The highest BCUT2D eigenvalue weighted by atomic mass is 32.1. The van der Waals surface area contributed by atoms with E-state index in [-0.39, 0.29) is 24.0 Å². The second-order valence-electron chi connectivity index (χ2n) is 3.58. The summed E-state index contributed by atoms with van der Waals surface area (Å²) in [4.78, 5) is 0.950. The number of halogens is 1. The minimum Gasteiger partial charge on any atom is -0.482 e. The molecule has 0 aliphatic carbocycles. The number of nitrogens with two attached hydrogens (primary N) is 1. The molecule has 3 nitrogen and oxygen atoms in total. The molecule has 0 spiro atoms. The molecule has 1 atom stereocenters. The maximum atomic E-state index is 13.4. The second kappa shape index (κ2) is 5.63. The highest BCUT2D eigenvalue weighted by Gasteiger charge is 2.16. The molecule has 2 aromatic rings.